The molecule has 0 amide bonds. The molecule has 1 aliphatic heterocycles. The van der Waals surface area contributed by atoms with E-state index in [1.807, 2.05) is 13.0 Å². The molecular weight excluding hydrogens is 266 g/mol. The molecule has 2 atom stereocenters. The van der Waals surface area contributed by atoms with Crippen LogP contribution in [0.3, 0.4) is 0 Å². The fraction of sp³-hybridized carbons (Fsp3) is 0.643. The Morgan fingerprint density at radius 1 is 1.61 bits per heavy atom. The van der Waals surface area contributed by atoms with Gasteiger partial charge in [-0.2, -0.15) is 0 Å². The molecule has 2 heterocycles. The van der Waals surface area contributed by atoms with Crippen molar-refractivity contribution in [1.82, 2.24) is 4.90 Å². The number of likely N-dealkylation sites (tertiary alicyclic amines) is 1. The average molecular weight is 286 g/mol. The molecule has 0 spiro atoms. The van der Waals surface area contributed by atoms with Crippen LogP contribution in [0.1, 0.15) is 42.8 Å². The van der Waals surface area contributed by atoms with Crippen LogP contribution in [-0.4, -0.2) is 29.8 Å². The Morgan fingerprint density at radius 3 is 3.00 bits per heavy atom. The van der Waals surface area contributed by atoms with Gasteiger partial charge in [0.25, 0.3) is 0 Å². The molecule has 0 aliphatic carbocycles. The number of hydrogen-bond donors (Lipinski definition) is 0. The van der Waals surface area contributed by atoms with Crippen molar-refractivity contribution in [2.75, 3.05) is 13.1 Å². The topological polar surface area (TPSA) is 20.3 Å². The van der Waals surface area contributed by atoms with Crippen LogP contribution < -0.4 is 0 Å². The van der Waals surface area contributed by atoms with Crippen molar-refractivity contribution in [3.05, 3.63) is 21.3 Å². The van der Waals surface area contributed by atoms with Gasteiger partial charge in [0.05, 0.1) is 15.3 Å². The summed E-state index contributed by atoms with van der Waals surface area (Å²) in [6, 6.07) is 3.62. The number of hydrogen-bond acceptors (Lipinski definition) is 3. The molecule has 4 heteroatoms. The summed E-state index contributed by atoms with van der Waals surface area (Å²) in [6.45, 7) is 6.36. The minimum atomic E-state index is -0.0194. The van der Waals surface area contributed by atoms with Crippen molar-refractivity contribution in [1.29, 1.82) is 0 Å². The standard InChI is InChI=1S/C14H20ClNOS/c1-3-11-5-4-8-16(9-11)10(2)14(17)12-6-7-13(15)18-12/h6-7,10-11H,3-5,8-9H2,1-2H3. The number of thiophene rings is 1. The van der Waals surface area contributed by atoms with Gasteiger partial charge in [-0.3, -0.25) is 9.69 Å². The van der Waals surface area contributed by atoms with Gasteiger partial charge in [-0.15, -0.1) is 11.3 Å². The lowest BCUT2D eigenvalue weighted by Gasteiger charge is -2.35. The quantitative estimate of drug-likeness (QED) is 0.777. The van der Waals surface area contributed by atoms with E-state index in [0.29, 0.717) is 4.34 Å². The highest BCUT2D eigenvalue weighted by atomic mass is 35.5. The number of carbonyl (C=O) groups is 1. The highest BCUT2D eigenvalue weighted by molar-refractivity contribution is 7.18. The molecule has 0 radical (unpaired) electrons. The van der Waals surface area contributed by atoms with E-state index in [1.54, 1.807) is 6.07 Å². The summed E-state index contributed by atoms with van der Waals surface area (Å²) in [5.41, 5.74) is 0. The minimum Gasteiger partial charge on any atom is -0.293 e. The largest absolute Gasteiger partial charge is 0.293 e. The van der Waals surface area contributed by atoms with Gasteiger partial charge in [0.2, 0.25) is 0 Å². The summed E-state index contributed by atoms with van der Waals surface area (Å²) in [6.07, 6.45) is 3.72. The zero-order chi connectivity index (χ0) is 13.1. The summed E-state index contributed by atoms with van der Waals surface area (Å²) >= 11 is 7.28. The van der Waals surface area contributed by atoms with Crippen LogP contribution in [0.25, 0.3) is 0 Å². The molecule has 2 nitrogen and oxygen atoms in total. The molecule has 0 bridgehead atoms. The van der Waals surface area contributed by atoms with Crippen LogP contribution in [-0.2, 0) is 0 Å². The van der Waals surface area contributed by atoms with Crippen molar-refractivity contribution in [2.45, 2.75) is 39.2 Å². The van der Waals surface area contributed by atoms with Crippen molar-refractivity contribution in [2.24, 2.45) is 5.92 Å². The van der Waals surface area contributed by atoms with E-state index >= 15 is 0 Å². The van der Waals surface area contributed by atoms with E-state index in [-0.39, 0.29) is 11.8 Å². The lowest BCUT2D eigenvalue weighted by atomic mass is 9.94. The van der Waals surface area contributed by atoms with E-state index < -0.39 is 0 Å². The van der Waals surface area contributed by atoms with Gasteiger partial charge in [0.15, 0.2) is 5.78 Å². The average Bonchev–Trinajstić information content (AvgIpc) is 2.83. The van der Waals surface area contributed by atoms with E-state index in [0.717, 1.165) is 23.9 Å². The fourth-order valence-corrected chi connectivity index (χ4v) is 3.67. The molecule has 0 aromatic carbocycles. The maximum Gasteiger partial charge on any atom is 0.189 e. The molecule has 2 rings (SSSR count). The number of nitrogens with zero attached hydrogens (tertiary/aromatic N) is 1. The Balaban J connectivity index is 2.02. The van der Waals surface area contributed by atoms with Crippen molar-refractivity contribution < 1.29 is 4.79 Å². The molecule has 100 valence electrons. The number of carbonyl (C=O) groups excluding carboxylic acids is 1. The first kappa shape index (κ1) is 14.0. The second-order valence-corrected chi connectivity index (χ2v) is 6.77. The number of piperidine rings is 1. The molecular formula is C14H20ClNOS. The van der Waals surface area contributed by atoms with Crippen molar-refractivity contribution in [3.8, 4) is 0 Å². The van der Waals surface area contributed by atoms with Gasteiger partial charge >= 0.3 is 0 Å². The van der Waals surface area contributed by atoms with E-state index in [1.165, 1.54) is 30.6 Å². The first-order valence-electron chi connectivity index (χ1n) is 6.65. The summed E-state index contributed by atoms with van der Waals surface area (Å²) in [5.74, 6) is 0.963. The number of halogens is 1. The molecule has 1 aliphatic rings. The molecule has 1 fully saturated rings. The van der Waals surface area contributed by atoms with Gasteiger partial charge < -0.3 is 0 Å². The summed E-state index contributed by atoms with van der Waals surface area (Å²) in [7, 11) is 0. The lowest BCUT2D eigenvalue weighted by molar-refractivity contribution is 0.0754. The molecule has 2 unspecified atom stereocenters. The Kier molecular flexibility index (Phi) is 4.82. The van der Waals surface area contributed by atoms with E-state index in [2.05, 4.69) is 11.8 Å². The Hall–Kier alpha value is -0.380. The molecule has 18 heavy (non-hydrogen) atoms. The first-order chi connectivity index (χ1) is 8.61. The third-order valence-corrected chi connectivity index (χ3v) is 5.12. The molecule has 1 saturated heterocycles. The predicted molar refractivity (Wildman–Crippen MR) is 77.7 cm³/mol. The number of Topliss-reactive ketones (excluding diaryl/α,β-unsaturated/α-hetero) is 1. The third kappa shape index (κ3) is 3.14. The van der Waals surface area contributed by atoms with Crippen LogP contribution in [0, 0.1) is 5.92 Å². The summed E-state index contributed by atoms with van der Waals surface area (Å²) < 4.78 is 0.690. The van der Waals surface area contributed by atoms with E-state index in [4.69, 9.17) is 11.6 Å². The monoisotopic (exact) mass is 285 g/mol. The fourth-order valence-electron chi connectivity index (χ4n) is 2.60. The van der Waals surface area contributed by atoms with E-state index in [9.17, 15) is 4.79 Å². The minimum absolute atomic E-state index is 0.0194. The molecule has 0 N–H and O–H groups in total. The summed E-state index contributed by atoms with van der Waals surface area (Å²) in [4.78, 5) is 15.5. The maximum absolute atomic E-state index is 12.4. The normalized spacial score (nSPS) is 22.9. The van der Waals surface area contributed by atoms with Gasteiger partial charge in [0.1, 0.15) is 0 Å². The lowest BCUT2D eigenvalue weighted by Crippen LogP contribution is -2.44. The Labute approximate surface area is 118 Å². The van der Waals surface area contributed by atoms with Crippen LogP contribution in [0.15, 0.2) is 12.1 Å². The van der Waals surface area contributed by atoms with Gasteiger partial charge in [-0.1, -0.05) is 24.9 Å². The summed E-state index contributed by atoms with van der Waals surface area (Å²) in [5, 5.41) is 0. The maximum atomic E-state index is 12.4. The predicted octanol–water partition coefficient (Wildman–Crippen LogP) is 4.09. The smallest absolute Gasteiger partial charge is 0.189 e. The van der Waals surface area contributed by atoms with Crippen molar-refractivity contribution >= 4 is 28.7 Å². The second kappa shape index (κ2) is 6.18. The third-order valence-electron chi connectivity index (χ3n) is 3.87. The SMILES string of the molecule is CCC1CCCN(C(C)C(=O)c2ccc(Cl)s2)C1. The Bertz CT molecular complexity index is 418. The zero-order valence-corrected chi connectivity index (χ0v) is 12.6. The zero-order valence-electron chi connectivity index (χ0n) is 11.0. The molecule has 0 saturated carbocycles. The number of rotatable bonds is 4. The first-order valence-corrected chi connectivity index (χ1v) is 7.85. The molecule has 1 aromatic heterocycles. The van der Waals surface area contributed by atoms with Gasteiger partial charge in [0, 0.05) is 6.54 Å². The van der Waals surface area contributed by atoms with Crippen LogP contribution >= 0.6 is 22.9 Å². The van der Waals surface area contributed by atoms with Gasteiger partial charge in [-0.25, -0.2) is 0 Å². The van der Waals surface area contributed by atoms with Crippen LogP contribution in [0.2, 0.25) is 4.34 Å². The van der Waals surface area contributed by atoms with Gasteiger partial charge in [-0.05, 0) is 44.4 Å². The highest BCUT2D eigenvalue weighted by Gasteiger charge is 2.27. The Morgan fingerprint density at radius 2 is 2.39 bits per heavy atom. The number of ketones is 1. The highest BCUT2D eigenvalue weighted by Crippen LogP contribution is 2.26. The molecule has 1 aromatic rings. The second-order valence-electron chi connectivity index (χ2n) is 5.06. The van der Waals surface area contributed by atoms with Crippen LogP contribution in [0.5, 0.6) is 0 Å². The van der Waals surface area contributed by atoms with Crippen molar-refractivity contribution in [3.63, 3.8) is 0 Å². The van der Waals surface area contributed by atoms with Crippen LogP contribution in [0.4, 0.5) is 0 Å².